The van der Waals surface area contributed by atoms with E-state index in [1.165, 1.54) is 0 Å². The quantitative estimate of drug-likeness (QED) is 0.847. The van der Waals surface area contributed by atoms with Crippen LogP contribution in [-0.4, -0.2) is 47.4 Å². The van der Waals surface area contributed by atoms with Crippen molar-refractivity contribution in [3.63, 3.8) is 0 Å². The van der Waals surface area contributed by atoms with E-state index >= 15 is 0 Å². The third-order valence-electron chi connectivity index (χ3n) is 4.98. The molecule has 1 N–H and O–H groups in total. The predicted molar refractivity (Wildman–Crippen MR) is 86.4 cm³/mol. The number of carbonyl (C=O) groups is 1. The van der Waals surface area contributed by atoms with Crippen molar-refractivity contribution in [1.29, 1.82) is 5.26 Å². The summed E-state index contributed by atoms with van der Waals surface area (Å²) >= 11 is 0. The molecular formula is C18H22N2O4. The Kier molecular flexibility index (Phi) is 4.48. The summed E-state index contributed by atoms with van der Waals surface area (Å²) in [5.74, 6) is 0.691. The molecule has 0 bridgehead atoms. The van der Waals surface area contributed by atoms with Crippen LogP contribution in [0.25, 0.3) is 0 Å². The van der Waals surface area contributed by atoms with Gasteiger partial charge in [-0.15, -0.1) is 0 Å². The van der Waals surface area contributed by atoms with Crippen molar-refractivity contribution in [3.8, 4) is 11.8 Å². The fourth-order valence-electron chi connectivity index (χ4n) is 3.75. The Labute approximate surface area is 141 Å². The van der Waals surface area contributed by atoms with Gasteiger partial charge in [0, 0.05) is 11.6 Å². The third-order valence-corrected chi connectivity index (χ3v) is 4.98. The van der Waals surface area contributed by atoms with Crippen molar-refractivity contribution in [2.45, 2.75) is 50.5 Å². The topological polar surface area (TPSA) is 82.8 Å². The molecule has 0 saturated carbocycles. The number of hydrogen-bond acceptors (Lipinski definition) is 6. The maximum Gasteiger partial charge on any atom is 0.293 e. The van der Waals surface area contributed by atoms with E-state index in [2.05, 4.69) is 11.0 Å². The molecule has 1 aromatic rings. The van der Waals surface area contributed by atoms with Crippen LogP contribution in [0.5, 0.6) is 5.75 Å². The minimum atomic E-state index is -0.754. The smallest absolute Gasteiger partial charge is 0.293 e. The fraction of sp³-hybridized carbons (Fsp3) is 0.556. The Morgan fingerprint density at radius 1 is 1.54 bits per heavy atom. The molecule has 1 saturated heterocycles. The second kappa shape index (κ2) is 6.42. The van der Waals surface area contributed by atoms with Gasteiger partial charge in [-0.25, -0.2) is 0 Å². The summed E-state index contributed by atoms with van der Waals surface area (Å²) in [5.41, 5.74) is 0.609. The summed E-state index contributed by atoms with van der Waals surface area (Å²) in [6.07, 6.45) is 1.13. The fourth-order valence-corrected chi connectivity index (χ4v) is 3.75. The first-order chi connectivity index (χ1) is 11.5. The van der Waals surface area contributed by atoms with Crippen LogP contribution in [0.1, 0.15) is 43.9 Å². The van der Waals surface area contributed by atoms with Gasteiger partial charge in [0.05, 0.1) is 17.7 Å². The molecular weight excluding hydrogens is 308 g/mol. The molecule has 24 heavy (non-hydrogen) atoms. The van der Waals surface area contributed by atoms with Gasteiger partial charge in [-0.1, -0.05) is 0 Å². The second-order valence-electron chi connectivity index (χ2n) is 6.92. The summed E-state index contributed by atoms with van der Waals surface area (Å²) in [5, 5.41) is 20.2. The first kappa shape index (κ1) is 16.7. The Hall–Kier alpha value is -2.10. The highest BCUT2D eigenvalue weighted by molar-refractivity contribution is 5.46. The van der Waals surface area contributed by atoms with Gasteiger partial charge in [-0.05, 0) is 51.4 Å². The number of benzene rings is 1. The molecule has 2 aliphatic rings. The van der Waals surface area contributed by atoms with Gasteiger partial charge in [-0.3, -0.25) is 9.69 Å². The number of nitrogens with zero attached hydrogens (tertiary/aromatic N) is 2. The maximum absolute atomic E-state index is 11.0. The van der Waals surface area contributed by atoms with Crippen LogP contribution < -0.4 is 4.74 Å². The van der Waals surface area contributed by atoms with E-state index in [0.29, 0.717) is 24.4 Å². The Morgan fingerprint density at radius 2 is 2.33 bits per heavy atom. The SMILES string of the molecule is CC1(C)Oc2ccc(C#N)cc2[C@H](N2CCCC2COC=O)[C@H]1O. The van der Waals surface area contributed by atoms with E-state index in [9.17, 15) is 15.2 Å². The van der Waals surface area contributed by atoms with Crippen LogP contribution in [0.3, 0.4) is 0 Å². The average molecular weight is 330 g/mol. The zero-order chi connectivity index (χ0) is 17.3. The van der Waals surface area contributed by atoms with E-state index in [4.69, 9.17) is 9.47 Å². The lowest BCUT2D eigenvalue weighted by molar-refractivity contribution is -0.132. The molecule has 128 valence electrons. The number of aliphatic hydroxyl groups is 1. The van der Waals surface area contributed by atoms with Gasteiger partial charge in [-0.2, -0.15) is 5.26 Å². The van der Waals surface area contributed by atoms with Crippen molar-refractivity contribution < 1.29 is 19.4 Å². The molecule has 0 spiro atoms. The molecule has 1 aromatic carbocycles. The van der Waals surface area contributed by atoms with Crippen molar-refractivity contribution in [3.05, 3.63) is 29.3 Å². The van der Waals surface area contributed by atoms with Crippen molar-refractivity contribution in [1.82, 2.24) is 4.90 Å². The minimum absolute atomic E-state index is 0.0577. The number of fused-ring (bicyclic) bond motifs is 1. The van der Waals surface area contributed by atoms with E-state index in [0.717, 1.165) is 24.9 Å². The number of ether oxygens (including phenoxy) is 2. The molecule has 0 aliphatic carbocycles. The lowest BCUT2D eigenvalue weighted by Gasteiger charge is -2.46. The first-order valence-electron chi connectivity index (χ1n) is 8.20. The molecule has 2 aliphatic heterocycles. The zero-order valence-electron chi connectivity index (χ0n) is 13.9. The lowest BCUT2D eigenvalue weighted by Crippen LogP contribution is -2.54. The summed E-state index contributed by atoms with van der Waals surface area (Å²) in [4.78, 5) is 12.7. The van der Waals surface area contributed by atoms with Crippen LogP contribution in [0.4, 0.5) is 0 Å². The Morgan fingerprint density at radius 3 is 3.04 bits per heavy atom. The van der Waals surface area contributed by atoms with Crippen molar-refractivity contribution in [2.24, 2.45) is 0 Å². The minimum Gasteiger partial charge on any atom is -0.485 e. The van der Waals surface area contributed by atoms with Crippen LogP contribution in [0, 0.1) is 11.3 Å². The molecule has 3 rings (SSSR count). The number of likely N-dealkylation sites (tertiary alicyclic amines) is 1. The first-order valence-corrected chi connectivity index (χ1v) is 8.20. The summed E-state index contributed by atoms with van der Waals surface area (Å²) in [7, 11) is 0. The molecule has 0 amide bonds. The van der Waals surface area contributed by atoms with Gasteiger partial charge in [0.1, 0.15) is 24.1 Å². The molecule has 0 radical (unpaired) electrons. The van der Waals surface area contributed by atoms with Gasteiger partial charge in [0.2, 0.25) is 0 Å². The van der Waals surface area contributed by atoms with E-state index in [1.807, 2.05) is 13.8 Å². The van der Waals surface area contributed by atoms with Crippen molar-refractivity contribution >= 4 is 6.47 Å². The van der Waals surface area contributed by atoms with Crippen molar-refractivity contribution in [2.75, 3.05) is 13.2 Å². The third kappa shape index (κ3) is 2.85. The Balaban J connectivity index is 2.01. The number of carbonyl (C=O) groups excluding carboxylic acids is 1. The van der Waals surface area contributed by atoms with Crippen LogP contribution in [-0.2, 0) is 9.53 Å². The molecule has 1 fully saturated rings. The second-order valence-corrected chi connectivity index (χ2v) is 6.92. The summed E-state index contributed by atoms with van der Waals surface area (Å²) in [6.45, 7) is 5.29. The van der Waals surface area contributed by atoms with Gasteiger partial charge in [0.25, 0.3) is 6.47 Å². The van der Waals surface area contributed by atoms with Gasteiger partial charge < -0.3 is 14.6 Å². The van der Waals surface area contributed by atoms with Gasteiger partial charge in [0.15, 0.2) is 0 Å². The lowest BCUT2D eigenvalue weighted by atomic mass is 9.84. The number of nitriles is 1. The van der Waals surface area contributed by atoms with Crippen LogP contribution in [0.2, 0.25) is 0 Å². The normalized spacial score (nSPS) is 28.5. The standard InChI is InChI=1S/C18H22N2O4/c1-18(2)17(22)16(20-7-3-4-13(20)10-23-11-21)14-8-12(9-19)5-6-15(14)24-18/h5-6,8,11,13,16-17,22H,3-4,7,10H2,1-2H3/t13?,16-,17+/m0/s1. The van der Waals surface area contributed by atoms with Crippen LogP contribution in [0.15, 0.2) is 18.2 Å². The molecule has 0 aromatic heterocycles. The number of aliphatic hydroxyl groups excluding tert-OH is 1. The monoisotopic (exact) mass is 330 g/mol. The molecule has 2 heterocycles. The highest BCUT2D eigenvalue weighted by Crippen LogP contribution is 2.45. The number of hydrogen-bond donors (Lipinski definition) is 1. The highest BCUT2D eigenvalue weighted by Gasteiger charge is 2.47. The molecule has 6 heteroatoms. The van der Waals surface area contributed by atoms with Crippen LogP contribution >= 0.6 is 0 Å². The van der Waals surface area contributed by atoms with Gasteiger partial charge >= 0.3 is 0 Å². The summed E-state index contributed by atoms with van der Waals surface area (Å²) < 4.78 is 10.9. The Bertz CT molecular complexity index is 667. The predicted octanol–water partition coefficient (Wildman–Crippen LogP) is 1.77. The summed E-state index contributed by atoms with van der Waals surface area (Å²) in [6, 6.07) is 7.21. The van der Waals surface area contributed by atoms with E-state index < -0.39 is 11.7 Å². The molecule has 6 nitrogen and oxygen atoms in total. The van der Waals surface area contributed by atoms with E-state index in [-0.39, 0.29) is 12.1 Å². The highest BCUT2D eigenvalue weighted by atomic mass is 16.5. The number of rotatable bonds is 4. The maximum atomic E-state index is 11.0. The largest absolute Gasteiger partial charge is 0.485 e. The average Bonchev–Trinajstić information content (AvgIpc) is 3.01. The zero-order valence-corrected chi connectivity index (χ0v) is 13.9. The molecule has 3 atom stereocenters. The van der Waals surface area contributed by atoms with E-state index in [1.54, 1.807) is 18.2 Å². The molecule has 1 unspecified atom stereocenters.